The average molecular weight is 487 g/mol. The minimum atomic E-state index is -4.58. The van der Waals surface area contributed by atoms with Gasteiger partial charge in [0.15, 0.2) is 11.5 Å². The molecule has 0 saturated heterocycles. The number of aromatic hydroxyl groups is 2. The van der Waals surface area contributed by atoms with Crippen LogP contribution in [0.3, 0.4) is 0 Å². The van der Waals surface area contributed by atoms with Crippen molar-refractivity contribution in [2.75, 3.05) is 5.32 Å². The zero-order valence-electron chi connectivity index (χ0n) is 18.0. The van der Waals surface area contributed by atoms with Crippen LogP contribution in [0.15, 0.2) is 94.8 Å². The molecule has 0 aromatic heterocycles. The smallest absolute Gasteiger partial charge is 0.296 e. The van der Waals surface area contributed by atoms with E-state index >= 15 is 0 Å². The summed E-state index contributed by atoms with van der Waals surface area (Å²) < 4.78 is 33.1. The van der Waals surface area contributed by atoms with Crippen LogP contribution >= 0.6 is 0 Å². The highest BCUT2D eigenvalue weighted by Crippen LogP contribution is 2.44. The monoisotopic (exact) mass is 486 g/mol. The SMILES string of the molecule is O=C1c2ccccc2C(=Nc2ccccc2)c2c(O)cc(Nc3ccccc3S(=O)(=O)O)c(O)c21. The maximum atomic E-state index is 13.4. The molecule has 1 aliphatic rings. The second kappa shape index (κ2) is 8.39. The molecule has 0 bridgehead atoms. The number of benzene rings is 4. The van der Waals surface area contributed by atoms with E-state index in [0.717, 1.165) is 0 Å². The highest BCUT2D eigenvalue weighted by Gasteiger charge is 2.34. The van der Waals surface area contributed by atoms with Gasteiger partial charge in [0.25, 0.3) is 10.1 Å². The molecule has 5 rings (SSSR count). The van der Waals surface area contributed by atoms with Crippen molar-refractivity contribution in [2.24, 2.45) is 4.99 Å². The molecule has 35 heavy (non-hydrogen) atoms. The van der Waals surface area contributed by atoms with Gasteiger partial charge in [0.05, 0.1) is 33.9 Å². The number of rotatable bonds is 4. The van der Waals surface area contributed by atoms with E-state index in [1.807, 2.05) is 6.07 Å². The van der Waals surface area contributed by atoms with E-state index in [1.54, 1.807) is 48.5 Å². The Hall–Kier alpha value is -4.47. The molecule has 0 aliphatic heterocycles. The summed E-state index contributed by atoms with van der Waals surface area (Å²) in [6.07, 6.45) is 0. The zero-order chi connectivity index (χ0) is 24.7. The third-order valence-corrected chi connectivity index (χ3v) is 6.51. The number of nitrogens with zero attached hydrogens (tertiary/aromatic N) is 1. The van der Waals surface area contributed by atoms with Gasteiger partial charge >= 0.3 is 0 Å². The molecule has 9 heteroatoms. The molecule has 0 radical (unpaired) electrons. The van der Waals surface area contributed by atoms with Gasteiger partial charge in [0.2, 0.25) is 0 Å². The van der Waals surface area contributed by atoms with Crippen LogP contribution < -0.4 is 5.32 Å². The molecule has 4 N–H and O–H groups in total. The Balaban J connectivity index is 1.73. The predicted molar refractivity (Wildman–Crippen MR) is 131 cm³/mol. The number of phenolic OH excluding ortho intramolecular Hbond substituents is 2. The van der Waals surface area contributed by atoms with Gasteiger partial charge < -0.3 is 15.5 Å². The fourth-order valence-corrected chi connectivity index (χ4v) is 4.71. The number of hydrogen-bond acceptors (Lipinski definition) is 7. The maximum Gasteiger partial charge on any atom is 0.296 e. The van der Waals surface area contributed by atoms with Crippen molar-refractivity contribution < 1.29 is 28.0 Å². The largest absolute Gasteiger partial charge is 0.507 e. The van der Waals surface area contributed by atoms with Gasteiger partial charge in [-0.3, -0.25) is 9.35 Å². The van der Waals surface area contributed by atoms with Gasteiger partial charge in [-0.25, -0.2) is 4.99 Å². The summed E-state index contributed by atoms with van der Waals surface area (Å²) in [5, 5.41) is 24.8. The molecule has 0 spiro atoms. The average Bonchev–Trinajstić information content (AvgIpc) is 2.84. The van der Waals surface area contributed by atoms with Crippen LogP contribution in [-0.2, 0) is 10.1 Å². The van der Waals surface area contributed by atoms with Gasteiger partial charge in [-0.15, -0.1) is 0 Å². The Labute approximate surface area is 200 Å². The van der Waals surface area contributed by atoms with Crippen molar-refractivity contribution in [3.8, 4) is 11.5 Å². The van der Waals surface area contributed by atoms with Gasteiger partial charge in [-0.05, 0) is 24.3 Å². The Bertz CT molecular complexity index is 1630. The van der Waals surface area contributed by atoms with Crippen molar-refractivity contribution in [2.45, 2.75) is 4.90 Å². The van der Waals surface area contributed by atoms with Gasteiger partial charge in [-0.2, -0.15) is 8.42 Å². The molecule has 0 amide bonds. The van der Waals surface area contributed by atoms with Crippen molar-refractivity contribution in [3.63, 3.8) is 0 Å². The second-order valence-electron chi connectivity index (χ2n) is 7.81. The lowest BCUT2D eigenvalue weighted by atomic mass is 9.82. The van der Waals surface area contributed by atoms with Crippen LogP contribution in [0.2, 0.25) is 0 Å². The number of aliphatic imine (C=N–C) groups is 1. The van der Waals surface area contributed by atoms with E-state index in [-0.39, 0.29) is 28.3 Å². The Morgan fingerprint density at radius 3 is 2.09 bits per heavy atom. The van der Waals surface area contributed by atoms with E-state index in [2.05, 4.69) is 10.3 Å². The molecule has 1 aliphatic carbocycles. The summed E-state index contributed by atoms with van der Waals surface area (Å²) in [7, 11) is -4.58. The van der Waals surface area contributed by atoms with Crippen LogP contribution in [-0.4, -0.2) is 34.7 Å². The number of carbonyl (C=O) groups excluding carboxylic acids is 1. The number of anilines is 2. The zero-order valence-corrected chi connectivity index (χ0v) is 18.8. The van der Waals surface area contributed by atoms with Crippen LogP contribution in [0, 0.1) is 0 Å². The summed E-state index contributed by atoms with van der Waals surface area (Å²) in [4.78, 5) is 17.6. The molecule has 4 aromatic carbocycles. The van der Waals surface area contributed by atoms with Gasteiger partial charge in [-0.1, -0.05) is 54.6 Å². The highest BCUT2D eigenvalue weighted by atomic mass is 32.2. The fourth-order valence-electron chi connectivity index (χ4n) is 4.06. The molecular formula is C26H18N2O6S. The standard InChI is InChI=1S/C26H18N2O6S/c29-20-14-19(28-18-12-6-7-13-21(18)35(32,33)34)26(31)23-22(20)24(27-15-8-2-1-3-9-15)16-10-4-5-11-17(16)25(23)30/h1-14,28-29,31H,(H,32,33,34). The third kappa shape index (κ3) is 3.92. The first-order valence-electron chi connectivity index (χ1n) is 10.5. The lowest BCUT2D eigenvalue weighted by Gasteiger charge is -2.24. The molecule has 4 aromatic rings. The van der Waals surface area contributed by atoms with Crippen LogP contribution in [0.25, 0.3) is 0 Å². The molecule has 0 fully saturated rings. The first-order chi connectivity index (χ1) is 16.8. The lowest BCUT2D eigenvalue weighted by molar-refractivity contribution is 0.103. The quantitative estimate of drug-likeness (QED) is 0.163. The van der Waals surface area contributed by atoms with Crippen LogP contribution in [0.4, 0.5) is 17.1 Å². The number of para-hydroxylation sites is 2. The molecule has 0 heterocycles. The Kier molecular flexibility index (Phi) is 5.35. The van der Waals surface area contributed by atoms with Crippen LogP contribution in [0.5, 0.6) is 11.5 Å². The summed E-state index contributed by atoms with van der Waals surface area (Å²) in [6, 6.07) is 22.4. The molecular weight excluding hydrogens is 468 g/mol. The van der Waals surface area contributed by atoms with E-state index in [0.29, 0.717) is 22.5 Å². The van der Waals surface area contributed by atoms with E-state index in [1.165, 1.54) is 30.3 Å². The molecule has 0 atom stereocenters. The number of phenols is 2. The van der Waals surface area contributed by atoms with E-state index in [4.69, 9.17) is 0 Å². The van der Waals surface area contributed by atoms with Gasteiger partial charge in [0, 0.05) is 17.2 Å². The summed E-state index contributed by atoms with van der Waals surface area (Å²) in [5.41, 5.74) is 1.39. The van der Waals surface area contributed by atoms with Crippen molar-refractivity contribution >= 4 is 38.7 Å². The number of carbonyl (C=O) groups is 1. The molecule has 0 unspecified atom stereocenters. The number of nitrogens with one attached hydrogen (secondary N) is 1. The first kappa shape index (κ1) is 22.3. The van der Waals surface area contributed by atoms with Crippen molar-refractivity contribution in [1.82, 2.24) is 0 Å². The summed E-state index contributed by atoms with van der Waals surface area (Å²) in [5.74, 6) is -1.37. The Morgan fingerprint density at radius 2 is 1.37 bits per heavy atom. The third-order valence-electron chi connectivity index (χ3n) is 5.60. The van der Waals surface area contributed by atoms with Crippen molar-refractivity contribution in [3.05, 3.63) is 107 Å². The number of hydrogen-bond donors (Lipinski definition) is 4. The maximum absolute atomic E-state index is 13.4. The van der Waals surface area contributed by atoms with Gasteiger partial charge in [0.1, 0.15) is 10.6 Å². The molecule has 8 nitrogen and oxygen atoms in total. The molecule has 0 saturated carbocycles. The molecule has 174 valence electrons. The minimum absolute atomic E-state index is 0.0496. The summed E-state index contributed by atoms with van der Waals surface area (Å²) in [6.45, 7) is 0. The van der Waals surface area contributed by atoms with Crippen molar-refractivity contribution in [1.29, 1.82) is 0 Å². The lowest BCUT2D eigenvalue weighted by Crippen LogP contribution is -2.22. The first-order valence-corrected chi connectivity index (χ1v) is 11.9. The Morgan fingerprint density at radius 1 is 0.743 bits per heavy atom. The fraction of sp³-hybridized carbons (Fsp3) is 0. The van der Waals surface area contributed by atoms with Crippen LogP contribution in [0.1, 0.15) is 27.0 Å². The van der Waals surface area contributed by atoms with E-state index in [9.17, 15) is 28.0 Å². The topological polar surface area (TPSA) is 136 Å². The second-order valence-corrected chi connectivity index (χ2v) is 9.20. The minimum Gasteiger partial charge on any atom is -0.507 e. The number of ketones is 1. The number of fused-ring (bicyclic) bond motifs is 2. The normalized spacial score (nSPS) is 13.9. The summed E-state index contributed by atoms with van der Waals surface area (Å²) >= 11 is 0. The predicted octanol–water partition coefficient (Wildman–Crippen LogP) is 4.80. The highest BCUT2D eigenvalue weighted by molar-refractivity contribution is 7.86. The van der Waals surface area contributed by atoms with E-state index < -0.39 is 26.5 Å².